The fraction of sp³-hybridized carbons (Fsp3) is 0.0169. The number of hydrogen-bond acceptors (Lipinski definition) is 2. The maximum Gasteiger partial charge on any atom is 0.0732 e. The molecule has 1 unspecified atom stereocenters. The predicted octanol–water partition coefficient (Wildman–Crippen LogP) is 15.8. The molecule has 2 nitrogen and oxygen atoms in total. The zero-order chi connectivity index (χ0) is 40.3. The summed E-state index contributed by atoms with van der Waals surface area (Å²) in [6.45, 7) is 0. The fourth-order valence-corrected chi connectivity index (χ4v) is 10.4. The third-order valence-electron chi connectivity index (χ3n) is 12.8. The number of anilines is 6. The summed E-state index contributed by atoms with van der Waals surface area (Å²) in [6.07, 6.45) is 0. The molecule has 1 atom stereocenters. The van der Waals surface area contributed by atoms with Gasteiger partial charge < -0.3 is 9.80 Å². The normalized spacial score (nSPS) is 14.3. The van der Waals surface area contributed by atoms with Gasteiger partial charge in [-0.25, -0.2) is 0 Å². The van der Waals surface area contributed by atoms with Gasteiger partial charge in [0.05, 0.1) is 11.1 Å². The van der Waals surface area contributed by atoms with Crippen LogP contribution in [0, 0.1) is 0 Å². The van der Waals surface area contributed by atoms with E-state index in [-0.39, 0.29) is 0 Å². The van der Waals surface area contributed by atoms with E-state index >= 15 is 0 Å². The minimum atomic E-state index is -0.565. The molecule has 12 rings (SSSR count). The standard InChI is InChI=1S/C59H40N2/c1-5-20-41(21-6-1)42-22-19-29-46(38-42)60(43-23-7-2-8-24-43)47-36-37-50-48-30-15-17-34-54(48)59(56(50)39-47)55-35-18-16-31-49(55)53-40-57(51-32-13-14-33-52(51)58(53)59)61(44-25-9-3-10-26-44)45-27-11-4-12-28-45/h1-40H. The molecule has 61 heavy (non-hydrogen) atoms. The lowest BCUT2D eigenvalue weighted by atomic mass is 9.69. The Kier molecular flexibility index (Phi) is 8.11. The van der Waals surface area contributed by atoms with E-state index in [9.17, 15) is 0 Å². The summed E-state index contributed by atoms with van der Waals surface area (Å²) in [5.74, 6) is 0. The summed E-state index contributed by atoms with van der Waals surface area (Å²) >= 11 is 0. The molecule has 0 fully saturated rings. The zero-order valence-corrected chi connectivity index (χ0v) is 33.5. The molecule has 10 aromatic rings. The average molecular weight is 777 g/mol. The van der Waals surface area contributed by atoms with Crippen LogP contribution < -0.4 is 9.80 Å². The lowest BCUT2D eigenvalue weighted by Crippen LogP contribution is -2.26. The number of fused-ring (bicyclic) bond motifs is 12. The zero-order valence-electron chi connectivity index (χ0n) is 33.5. The minimum Gasteiger partial charge on any atom is -0.310 e. The van der Waals surface area contributed by atoms with Crippen molar-refractivity contribution < 1.29 is 0 Å². The van der Waals surface area contributed by atoms with Crippen LogP contribution in [0.1, 0.15) is 22.3 Å². The van der Waals surface area contributed by atoms with Gasteiger partial charge >= 0.3 is 0 Å². The maximum atomic E-state index is 2.49. The van der Waals surface area contributed by atoms with Crippen LogP contribution in [0.4, 0.5) is 34.1 Å². The van der Waals surface area contributed by atoms with Gasteiger partial charge in [-0.15, -0.1) is 0 Å². The highest BCUT2D eigenvalue weighted by Gasteiger charge is 2.53. The largest absolute Gasteiger partial charge is 0.310 e. The Hall–Kier alpha value is -7.94. The SMILES string of the molecule is c1ccc(-c2cccc(N(c3ccccc3)c3ccc4c(c3)C3(c5ccccc5-4)c4ccccc4-c4cc(N(c5ccccc5)c5ccccc5)c5ccccc5c43)c2)cc1. The van der Waals surface area contributed by atoms with Gasteiger partial charge in [-0.1, -0.05) is 176 Å². The predicted molar refractivity (Wildman–Crippen MR) is 255 cm³/mol. The van der Waals surface area contributed by atoms with Gasteiger partial charge in [-0.05, 0) is 128 Å². The average Bonchev–Trinajstić information content (AvgIpc) is 3.80. The molecule has 286 valence electrons. The second-order valence-electron chi connectivity index (χ2n) is 16.0. The van der Waals surface area contributed by atoms with E-state index in [1.54, 1.807) is 0 Å². The second kappa shape index (κ2) is 14.1. The third-order valence-corrected chi connectivity index (χ3v) is 12.8. The van der Waals surface area contributed by atoms with Gasteiger partial charge in [-0.3, -0.25) is 0 Å². The third kappa shape index (κ3) is 5.36. The van der Waals surface area contributed by atoms with Crippen molar-refractivity contribution in [1.29, 1.82) is 0 Å². The van der Waals surface area contributed by atoms with E-state index in [1.807, 2.05) is 0 Å². The quantitative estimate of drug-likeness (QED) is 0.159. The van der Waals surface area contributed by atoms with Crippen LogP contribution in [0.25, 0.3) is 44.2 Å². The van der Waals surface area contributed by atoms with Gasteiger partial charge in [0.1, 0.15) is 0 Å². The Morgan fingerprint density at radius 2 is 0.721 bits per heavy atom. The van der Waals surface area contributed by atoms with Gasteiger partial charge in [-0.2, -0.15) is 0 Å². The van der Waals surface area contributed by atoms with Crippen molar-refractivity contribution in [3.8, 4) is 33.4 Å². The summed E-state index contributed by atoms with van der Waals surface area (Å²) in [5, 5.41) is 2.47. The number of nitrogens with zero attached hydrogens (tertiary/aromatic N) is 2. The summed E-state index contributed by atoms with van der Waals surface area (Å²) in [6, 6.07) is 89.0. The lowest BCUT2D eigenvalue weighted by molar-refractivity contribution is 0.801. The molecule has 10 aromatic carbocycles. The first kappa shape index (κ1) is 35.0. The number of hydrogen-bond donors (Lipinski definition) is 0. The van der Waals surface area contributed by atoms with Crippen LogP contribution in [0.15, 0.2) is 243 Å². The molecule has 0 aliphatic heterocycles. The molecule has 2 heteroatoms. The number of benzene rings is 10. The maximum absolute atomic E-state index is 2.49. The topological polar surface area (TPSA) is 6.48 Å². The first-order valence-corrected chi connectivity index (χ1v) is 21.1. The first-order valence-electron chi connectivity index (χ1n) is 21.1. The van der Waals surface area contributed by atoms with Crippen molar-refractivity contribution in [3.05, 3.63) is 265 Å². The van der Waals surface area contributed by atoms with Gasteiger partial charge in [0.2, 0.25) is 0 Å². The Morgan fingerprint density at radius 3 is 1.36 bits per heavy atom. The summed E-state index contributed by atoms with van der Waals surface area (Å²) < 4.78 is 0. The van der Waals surface area contributed by atoms with Crippen molar-refractivity contribution >= 4 is 44.9 Å². The monoisotopic (exact) mass is 776 g/mol. The van der Waals surface area contributed by atoms with Crippen molar-refractivity contribution in [2.24, 2.45) is 0 Å². The van der Waals surface area contributed by atoms with Crippen LogP contribution in [-0.2, 0) is 5.41 Å². The second-order valence-corrected chi connectivity index (χ2v) is 16.0. The molecule has 0 N–H and O–H groups in total. The Labute approximate surface area is 356 Å². The highest BCUT2D eigenvalue weighted by atomic mass is 15.1. The summed E-state index contributed by atoms with van der Waals surface area (Å²) in [7, 11) is 0. The smallest absolute Gasteiger partial charge is 0.0732 e. The molecule has 0 heterocycles. The van der Waals surface area contributed by atoms with Gasteiger partial charge in [0.25, 0.3) is 0 Å². The van der Waals surface area contributed by atoms with E-state index in [1.165, 1.54) is 66.4 Å². The molecular formula is C59H40N2. The van der Waals surface area contributed by atoms with Crippen LogP contribution in [-0.4, -0.2) is 0 Å². The lowest BCUT2D eigenvalue weighted by Gasteiger charge is -2.34. The van der Waals surface area contributed by atoms with E-state index in [0.717, 1.165) is 34.1 Å². The molecule has 2 aliphatic rings. The van der Waals surface area contributed by atoms with Crippen LogP contribution >= 0.6 is 0 Å². The molecule has 1 spiro atoms. The van der Waals surface area contributed by atoms with Gasteiger partial charge in [0, 0.05) is 33.8 Å². The first-order chi connectivity index (χ1) is 30.3. The van der Waals surface area contributed by atoms with E-state index < -0.39 is 5.41 Å². The van der Waals surface area contributed by atoms with E-state index in [2.05, 4.69) is 252 Å². The molecule has 2 aliphatic carbocycles. The van der Waals surface area contributed by atoms with E-state index in [4.69, 9.17) is 0 Å². The van der Waals surface area contributed by atoms with Crippen molar-refractivity contribution in [3.63, 3.8) is 0 Å². The Bertz CT molecular complexity index is 3210. The van der Waals surface area contributed by atoms with Crippen molar-refractivity contribution in [2.75, 3.05) is 9.80 Å². The minimum absolute atomic E-state index is 0.565. The molecule has 0 bridgehead atoms. The summed E-state index contributed by atoms with van der Waals surface area (Å²) in [5.41, 5.74) is 19.0. The van der Waals surface area contributed by atoms with Crippen LogP contribution in [0.5, 0.6) is 0 Å². The van der Waals surface area contributed by atoms with Gasteiger partial charge in [0.15, 0.2) is 0 Å². The highest BCUT2D eigenvalue weighted by Crippen LogP contribution is 2.65. The van der Waals surface area contributed by atoms with Crippen molar-refractivity contribution in [2.45, 2.75) is 5.41 Å². The molecule has 0 amide bonds. The number of para-hydroxylation sites is 3. The number of rotatable bonds is 7. The molecule has 0 aromatic heterocycles. The van der Waals surface area contributed by atoms with Crippen molar-refractivity contribution in [1.82, 2.24) is 0 Å². The highest BCUT2D eigenvalue weighted by molar-refractivity contribution is 6.10. The Morgan fingerprint density at radius 1 is 0.262 bits per heavy atom. The Balaban J connectivity index is 1.15. The molecular weight excluding hydrogens is 737 g/mol. The molecule has 0 radical (unpaired) electrons. The van der Waals surface area contributed by atoms with Crippen LogP contribution in [0.2, 0.25) is 0 Å². The molecule has 0 saturated heterocycles. The fourth-order valence-electron chi connectivity index (χ4n) is 10.4. The summed E-state index contributed by atoms with van der Waals surface area (Å²) in [4.78, 5) is 4.84. The van der Waals surface area contributed by atoms with E-state index in [0.29, 0.717) is 0 Å². The van der Waals surface area contributed by atoms with Crippen LogP contribution in [0.3, 0.4) is 0 Å². The molecule has 0 saturated carbocycles.